The van der Waals surface area contributed by atoms with E-state index in [9.17, 15) is 21.9 Å². The standard InChI is InChI=1S/C17H15F3N4O3S/c18-17(19,20)12-3-1-4-13(11-12)28(25,26)24-9-7-23(8-10-24)16-22-15-14(27-16)5-2-6-21-15/h1-6,11H,7-10H2. The Morgan fingerprint density at radius 1 is 1.11 bits per heavy atom. The van der Waals surface area contributed by atoms with Crippen LogP contribution in [0.2, 0.25) is 0 Å². The van der Waals surface area contributed by atoms with Gasteiger partial charge in [-0.25, -0.2) is 4.98 Å². The molecule has 0 N–H and O–H groups in total. The van der Waals surface area contributed by atoms with Gasteiger partial charge in [-0.3, -0.25) is 0 Å². The predicted octanol–water partition coefficient (Wildman–Crippen LogP) is 2.97. The fraction of sp³-hybridized carbons (Fsp3) is 0.294. The van der Waals surface area contributed by atoms with Crippen molar-refractivity contribution < 1.29 is 26.4 Å². The number of benzene rings is 1. The van der Waals surface area contributed by atoms with Gasteiger partial charge in [0.1, 0.15) is 0 Å². The molecule has 4 rings (SSSR count). The zero-order valence-electron chi connectivity index (χ0n) is 14.4. The lowest BCUT2D eigenvalue weighted by molar-refractivity contribution is -0.137. The Kier molecular flexibility index (Phi) is 4.60. The molecule has 11 heteroatoms. The average Bonchev–Trinajstić information content (AvgIpc) is 3.12. The minimum absolute atomic E-state index is 0.102. The van der Waals surface area contributed by atoms with Crippen LogP contribution in [0.1, 0.15) is 5.56 Å². The van der Waals surface area contributed by atoms with E-state index in [0.717, 1.165) is 12.1 Å². The highest BCUT2D eigenvalue weighted by Gasteiger charge is 2.37. The number of aromatic nitrogens is 2. The van der Waals surface area contributed by atoms with Crippen LogP contribution in [0.3, 0.4) is 0 Å². The van der Waals surface area contributed by atoms with Gasteiger partial charge in [-0.05, 0) is 24.3 Å². The van der Waals surface area contributed by atoms with E-state index >= 15 is 0 Å². The molecule has 3 heterocycles. The van der Waals surface area contributed by atoms with Crippen LogP contribution in [0.15, 0.2) is 51.9 Å². The van der Waals surface area contributed by atoms with E-state index < -0.39 is 22.1 Å². The molecule has 148 valence electrons. The molecule has 0 radical (unpaired) electrons. The van der Waals surface area contributed by atoms with Crippen LogP contribution in [0.25, 0.3) is 11.2 Å². The molecule has 1 unspecified atom stereocenters. The molecule has 0 saturated carbocycles. The first-order valence-corrected chi connectivity index (χ1v) is 9.83. The highest BCUT2D eigenvalue weighted by atomic mass is 32.3. The van der Waals surface area contributed by atoms with Crippen molar-refractivity contribution in [2.45, 2.75) is 11.1 Å². The molecule has 1 aromatic carbocycles. The van der Waals surface area contributed by atoms with E-state index in [-0.39, 0.29) is 18.0 Å². The van der Waals surface area contributed by atoms with E-state index in [1.165, 1.54) is 10.4 Å². The molecule has 1 aliphatic rings. The molecule has 1 atom stereocenters. The van der Waals surface area contributed by atoms with E-state index in [1.54, 1.807) is 23.2 Å². The second-order valence-corrected chi connectivity index (χ2v) is 8.18. The number of fused-ring (bicyclic) bond motifs is 1. The summed E-state index contributed by atoms with van der Waals surface area (Å²) in [5.41, 5.74) is -0.0146. The molecule has 0 spiro atoms. The normalized spacial score (nSPS) is 18.4. The molecule has 0 amide bonds. The van der Waals surface area contributed by atoms with Crippen LogP contribution in [0.5, 0.6) is 0 Å². The van der Waals surface area contributed by atoms with Gasteiger partial charge in [0, 0.05) is 25.4 Å². The third kappa shape index (κ3) is 3.48. The summed E-state index contributed by atoms with van der Waals surface area (Å²) in [6, 6.07) is 7.56. The zero-order valence-corrected chi connectivity index (χ0v) is 15.2. The molecular weight excluding hydrogens is 397 g/mol. The lowest BCUT2D eigenvalue weighted by atomic mass is 10.2. The van der Waals surface area contributed by atoms with Crippen LogP contribution in [-0.2, 0) is 20.8 Å². The third-order valence-electron chi connectivity index (χ3n) is 4.46. The van der Waals surface area contributed by atoms with Gasteiger partial charge in [0.25, 0.3) is 6.01 Å². The summed E-state index contributed by atoms with van der Waals surface area (Å²) >= 11 is 0. The molecule has 7 nitrogen and oxygen atoms in total. The van der Waals surface area contributed by atoms with Crippen molar-refractivity contribution in [2.75, 3.05) is 31.1 Å². The SMILES string of the molecule is O=[S+]([O-])(c1cccc(C(F)(F)F)c1)N1CCN(c2nc3ncccc3o2)CC1. The van der Waals surface area contributed by atoms with Gasteiger partial charge in [0.2, 0.25) is 5.65 Å². The van der Waals surface area contributed by atoms with Crippen LogP contribution in [0, 0.1) is 0 Å². The Bertz CT molecular complexity index is 1010. The Hall–Kier alpha value is -2.50. The minimum Gasteiger partial charge on any atom is -0.593 e. The van der Waals surface area contributed by atoms with Gasteiger partial charge in [0.05, 0.1) is 18.7 Å². The highest BCUT2D eigenvalue weighted by Crippen LogP contribution is 2.33. The summed E-state index contributed by atoms with van der Waals surface area (Å²) in [4.78, 5) is 9.77. The van der Waals surface area contributed by atoms with E-state index in [4.69, 9.17) is 4.42 Å². The van der Waals surface area contributed by atoms with Gasteiger partial charge in [-0.2, -0.15) is 18.2 Å². The first kappa shape index (κ1) is 18.8. The second kappa shape index (κ2) is 6.83. The fourth-order valence-electron chi connectivity index (χ4n) is 2.99. The number of piperazine rings is 1. The fourth-order valence-corrected chi connectivity index (χ4v) is 4.46. The summed E-state index contributed by atoms with van der Waals surface area (Å²) in [7, 11) is -4.03. The van der Waals surface area contributed by atoms with Crippen LogP contribution in [-0.4, -0.2) is 45.0 Å². The van der Waals surface area contributed by atoms with Gasteiger partial charge in [0.15, 0.2) is 20.9 Å². The van der Waals surface area contributed by atoms with Crippen molar-refractivity contribution in [3.63, 3.8) is 0 Å². The maximum Gasteiger partial charge on any atom is 0.416 e. The van der Waals surface area contributed by atoms with Crippen molar-refractivity contribution >= 4 is 27.6 Å². The molecular formula is C17H15F3N4O3S. The number of hydrogen-bond donors (Lipinski definition) is 0. The predicted molar refractivity (Wildman–Crippen MR) is 94.1 cm³/mol. The number of halogens is 3. The largest absolute Gasteiger partial charge is 0.593 e. The first-order chi connectivity index (χ1) is 13.2. The average molecular weight is 412 g/mol. The van der Waals surface area contributed by atoms with Gasteiger partial charge in [-0.15, -0.1) is 4.31 Å². The van der Waals surface area contributed by atoms with Crippen LogP contribution < -0.4 is 4.90 Å². The summed E-state index contributed by atoms with van der Waals surface area (Å²) in [5.74, 6) is 0. The van der Waals surface area contributed by atoms with Crippen molar-refractivity contribution in [1.29, 1.82) is 0 Å². The maximum absolute atomic E-state index is 12.9. The molecule has 1 saturated heterocycles. The molecule has 3 aromatic rings. The first-order valence-electron chi connectivity index (χ1n) is 8.39. The van der Waals surface area contributed by atoms with Crippen molar-refractivity contribution in [3.05, 3.63) is 48.2 Å². The molecule has 0 aliphatic carbocycles. The maximum atomic E-state index is 12.9. The summed E-state index contributed by atoms with van der Waals surface area (Å²) < 4.78 is 70.9. The topological polar surface area (TPSA) is 85.5 Å². The van der Waals surface area contributed by atoms with E-state index in [1.807, 2.05) is 0 Å². The van der Waals surface area contributed by atoms with Crippen LogP contribution in [0.4, 0.5) is 19.2 Å². The number of pyridine rings is 1. The number of sulfonamides is 1. The molecule has 1 aliphatic heterocycles. The Morgan fingerprint density at radius 2 is 1.86 bits per heavy atom. The molecule has 0 bridgehead atoms. The quantitative estimate of drug-likeness (QED) is 0.615. The van der Waals surface area contributed by atoms with E-state index in [2.05, 4.69) is 9.97 Å². The van der Waals surface area contributed by atoms with Gasteiger partial charge < -0.3 is 13.9 Å². The van der Waals surface area contributed by atoms with Gasteiger partial charge >= 0.3 is 6.18 Å². The van der Waals surface area contributed by atoms with Crippen molar-refractivity contribution in [3.8, 4) is 0 Å². The molecule has 1 fully saturated rings. The number of alkyl halides is 3. The molecule has 2 aromatic heterocycles. The van der Waals surface area contributed by atoms with Crippen molar-refractivity contribution in [2.24, 2.45) is 0 Å². The lowest BCUT2D eigenvalue weighted by Gasteiger charge is -2.35. The number of nitrogens with zero attached hydrogens (tertiary/aromatic N) is 4. The number of anilines is 1. The Morgan fingerprint density at radius 3 is 2.54 bits per heavy atom. The summed E-state index contributed by atoms with van der Waals surface area (Å²) in [6.45, 7) is 0.797. The van der Waals surface area contributed by atoms with Gasteiger partial charge in [-0.1, -0.05) is 10.3 Å². The van der Waals surface area contributed by atoms with Crippen LogP contribution >= 0.6 is 0 Å². The number of oxazole rings is 1. The monoisotopic (exact) mass is 412 g/mol. The lowest BCUT2D eigenvalue weighted by Crippen LogP contribution is -2.50. The zero-order chi connectivity index (χ0) is 19.9. The smallest absolute Gasteiger partial charge is 0.416 e. The number of hydrogen-bond acceptors (Lipinski definition) is 6. The third-order valence-corrected chi connectivity index (χ3v) is 6.36. The summed E-state index contributed by atoms with van der Waals surface area (Å²) in [6.07, 6.45) is -3.01. The molecule has 28 heavy (non-hydrogen) atoms. The minimum atomic E-state index is -4.61. The Balaban J connectivity index is 1.50. The highest BCUT2D eigenvalue weighted by molar-refractivity contribution is 7.95. The number of rotatable bonds is 3. The Labute approximate surface area is 159 Å². The summed E-state index contributed by atoms with van der Waals surface area (Å²) in [5, 5.41) is 0. The second-order valence-electron chi connectivity index (χ2n) is 6.24. The van der Waals surface area contributed by atoms with E-state index in [0.29, 0.717) is 36.4 Å². The van der Waals surface area contributed by atoms with Crippen molar-refractivity contribution in [1.82, 2.24) is 14.3 Å².